The van der Waals surface area contributed by atoms with Gasteiger partial charge in [0.2, 0.25) is 0 Å². The predicted octanol–water partition coefficient (Wildman–Crippen LogP) is 8.19. The smallest absolute Gasteiger partial charge is 0.368 e. The first-order valence-electron chi connectivity index (χ1n) is 11.9. The van der Waals surface area contributed by atoms with E-state index in [0.717, 1.165) is 38.7 Å². The van der Waals surface area contributed by atoms with Gasteiger partial charge in [-0.2, -0.15) is 0 Å². The van der Waals surface area contributed by atoms with E-state index in [9.17, 15) is 9.67 Å². The average Bonchev–Trinajstić information content (AvgIpc) is 2.81. The second kappa shape index (κ2) is 10.9. The molecule has 5 nitrogen and oxygen atoms in total. The molecule has 0 bridgehead atoms. The lowest BCUT2D eigenvalue weighted by Crippen LogP contribution is -2.17. The molecule has 4 rings (SSSR count). The van der Waals surface area contributed by atoms with Crippen LogP contribution in [0.25, 0.3) is 0 Å². The molecule has 35 heavy (non-hydrogen) atoms. The summed E-state index contributed by atoms with van der Waals surface area (Å²) in [5.41, 5.74) is 6.47. The maximum Gasteiger partial charge on any atom is 0.368 e. The molecule has 0 saturated carbocycles. The van der Waals surface area contributed by atoms with Crippen LogP contribution in [0.4, 0.5) is 0 Å². The maximum absolute atomic E-state index is 13.3. The van der Waals surface area contributed by atoms with Crippen molar-refractivity contribution >= 4 is 23.5 Å². The van der Waals surface area contributed by atoms with Gasteiger partial charge in [-0.3, -0.25) is 9.09 Å². The van der Waals surface area contributed by atoms with Crippen LogP contribution >= 0.6 is 23.5 Å². The summed E-state index contributed by atoms with van der Waals surface area (Å²) in [6.45, 7) is 8.62. The molecule has 0 spiro atoms. The summed E-state index contributed by atoms with van der Waals surface area (Å²) in [7, 11) is -3.39. The van der Waals surface area contributed by atoms with Gasteiger partial charge in [0.05, 0.1) is 12.7 Å². The molecule has 186 valence electrons. The summed E-state index contributed by atoms with van der Waals surface area (Å²) in [4.78, 5) is 0. The van der Waals surface area contributed by atoms with Gasteiger partial charge in [-0.1, -0.05) is 54.0 Å². The molecule has 2 atom stereocenters. The molecule has 7 heteroatoms. The number of aromatic hydroxyl groups is 1. The van der Waals surface area contributed by atoms with E-state index in [2.05, 4.69) is 49.7 Å². The number of hydrogen-bond donors (Lipinski definition) is 1. The Morgan fingerprint density at radius 2 is 1.86 bits per heavy atom. The Labute approximate surface area is 216 Å². The molecular weight excluding hydrogens is 527 g/mol. The van der Waals surface area contributed by atoms with Crippen LogP contribution in [0.5, 0.6) is 11.5 Å². The highest BCUT2D eigenvalue weighted by atomic mass is 79.9. The zero-order valence-corrected chi connectivity index (χ0v) is 23.1. The highest BCUT2D eigenvalue weighted by Crippen LogP contribution is 2.56. The van der Waals surface area contributed by atoms with Crippen molar-refractivity contribution in [2.24, 2.45) is 0 Å². The van der Waals surface area contributed by atoms with E-state index in [-0.39, 0.29) is 18.4 Å². The first kappa shape index (κ1) is 26.0. The fourth-order valence-corrected chi connectivity index (χ4v) is 6.35. The molecule has 1 saturated heterocycles. The van der Waals surface area contributed by atoms with E-state index in [1.54, 1.807) is 6.07 Å². The van der Waals surface area contributed by atoms with Crippen molar-refractivity contribution in [2.75, 3.05) is 13.0 Å². The largest absolute Gasteiger partial charge is 0.508 e. The van der Waals surface area contributed by atoms with Crippen LogP contribution in [0.2, 0.25) is 0 Å². The van der Waals surface area contributed by atoms with Gasteiger partial charge in [-0.05, 0) is 89.9 Å². The van der Waals surface area contributed by atoms with Gasteiger partial charge in [0.15, 0.2) is 6.35 Å². The minimum absolute atomic E-state index is 0.133. The SMILES string of the molecule is Cc1cc(OC[P@]2(=O)OCC[C@@H](c3cccc(Br)c3)O2)cc(C)c1Cc1ccc(O)c(C(C)C)c1. The van der Waals surface area contributed by atoms with E-state index in [0.29, 0.717) is 24.5 Å². The third kappa shape index (κ3) is 6.37. The summed E-state index contributed by atoms with van der Waals surface area (Å²) in [6.07, 6.45) is 0.980. The predicted molar refractivity (Wildman–Crippen MR) is 143 cm³/mol. The van der Waals surface area contributed by atoms with Gasteiger partial charge in [-0.15, -0.1) is 0 Å². The lowest BCUT2D eigenvalue weighted by molar-refractivity contribution is 0.0725. The second-order valence-corrected chi connectivity index (χ2v) is 12.3. The van der Waals surface area contributed by atoms with Crippen LogP contribution in [-0.2, 0) is 20.0 Å². The Morgan fingerprint density at radius 1 is 1.11 bits per heavy atom. The molecule has 1 aliphatic heterocycles. The van der Waals surface area contributed by atoms with Crippen molar-refractivity contribution in [3.05, 3.63) is 92.5 Å². The normalized spacial score (nSPS) is 20.2. The standard InChI is InChI=1S/C28H32BrO5P/c1-18(2)25-14-21(8-9-27(25)30)15-26-19(3)12-24(13-20(26)4)32-17-35(31)33-11-10-28(34-35)22-6-5-7-23(29)16-22/h5-9,12-14,16,18,28,30H,10-11,15,17H2,1-4H3/t28-,35-/m0/s1. The summed E-state index contributed by atoms with van der Waals surface area (Å²) in [6, 6.07) is 17.6. The van der Waals surface area contributed by atoms with Gasteiger partial charge in [0.25, 0.3) is 0 Å². The third-order valence-electron chi connectivity index (χ3n) is 6.33. The van der Waals surface area contributed by atoms with Crippen molar-refractivity contribution in [1.82, 2.24) is 0 Å². The molecule has 0 radical (unpaired) electrons. The van der Waals surface area contributed by atoms with Crippen LogP contribution in [0.15, 0.2) is 59.1 Å². The first-order chi connectivity index (χ1) is 16.6. The Hall–Kier alpha value is -2.11. The number of benzene rings is 3. The average molecular weight is 559 g/mol. The summed E-state index contributed by atoms with van der Waals surface area (Å²) < 4.78 is 31.6. The lowest BCUT2D eigenvalue weighted by Gasteiger charge is -2.30. The number of aryl methyl sites for hydroxylation is 2. The van der Waals surface area contributed by atoms with Crippen LogP contribution < -0.4 is 4.74 Å². The molecular formula is C28H32BrO5P. The van der Waals surface area contributed by atoms with Crippen molar-refractivity contribution in [1.29, 1.82) is 0 Å². The van der Waals surface area contributed by atoms with Crippen LogP contribution in [-0.4, -0.2) is 18.1 Å². The molecule has 1 heterocycles. The van der Waals surface area contributed by atoms with Crippen molar-refractivity contribution in [3.63, 3.8) is 0 Å². The zero-order chi connectivity index (χ0) is 25.2. The van der Waals surface area contributed by atoms with Gasteiger partial charge >= 0.3 is 7.60 Å². The minimum atomic E-state index is -3.39. The van der Waals surface area contributed by atoms with Gasteiger partial charge in [0, 0.05) is 10.9 Å². The lowest BCUT2D eigenvalue weighted by atomic mass is 9.93. The second-order valence-electron chi connectivity index (χ2n) is 9.42. The topological polar surface area (TPSA) is 65.0 Å². The van der Waals surface area contributed by atoms with Gasteiger partial charge in [-0.25, -0.2) is 0 Å². The highest BCUT2D eigenvalue weighted by Gasteiger charge is 2.35. The molecule has 3 aromatic carbocycles. The third-order valence-corrected chi connectivity index (χ3v) is 8.42. The quantitative estimate of drug-likeness (QED) is 0.296. The van der Waals surface area contributed by atoms with Crippen molar-refractivity contribution in [2.45, 2.75) is 52.6 Å². The van der Waals surface area contributed by atoms with E-state index in [1.165, 1.54) is 5.56 Å². The number of ether oxygens (including phenoxy) is 1. The Balaban J connectivity index is 1.45. The number of halogens is 1. The van der Waals surface area contributed by atoms with Gasteiger partial charge < -0.3 is 14.4 Å². The summed E-state index contributed by atoms with van der Waals surface area (Å²) in [5.74, 6) is 1.23. The van der Waals surface area contributed by atoms with Crippen molar-refractivity contribution in [3.8, 4) is 11.5 Å². The Kier molecular flexibility index (Phi) is 8.07. The Morgan fingerprint density at radius 3 is 2.54 bits per heavy atom. The zero-order valence-electron chi connectivity index (χ0n) is 20.6. The van der Waals surface area contributed by atoms with E-state index >= 15 is 0 Å². The molecule has 0 aliphatic carbocycles. The number of phenolic OH excluding ortho intramolecular Hbond substituents is 1. The molecule has 1 aliphatic rings. The minimum Gasteiger partial charge on any atom is -0.508 e. The number of hydrogen-bond acceptors (Lipinski definition) is 5. The summed E-state index contributed by atoms with van der Waals surface area (Å²) in [5, 5.41) is 10.1. The van der Waals surface area contributed by atoms with Crippen LogP contribution in [0.3, 0.4) is 0 Å². The molecule has 1 N–H and O–H groups in total. The first-order valence-corrected chi connectivity index (χ1v) is 14.4. The van der Waals surface area contributed by atoms with E-state index < -0.39 is 7.60 Å². The molecule has 0 aromatic heterocycles. The van der Waals surface area contributed by atoms with Crippen LogP contribution in [0.1, 0.15) is 65.7 Å². The van der Waals surface area contributed by atoms with E-state index in [4.69, 9.17) is 13.8 Å². The fraction of sp³-hybridized carbons (Fsp3) is 0.357. The number of rotatable bonds is 7. The molecule has 1 fully saturated rings. The molecule has 0 amide bonds. The monoisotopic (exact) mass is 558 g/mol. The molecule has 3 aromatic rings. The summed E-state index contributed by atoms with van der Waals surface area (Å²) >= 11 is 3.48. The fourth-order valence-electron chi connectivity index (χ4n) is 4.43. The molecule has 0 unspecified atom stereocenters. The highest BCUT2D eigenvalue weighted by molar-refractivity contribution is 9.10. The number of phenols is 1. The van der Waals surface area contributed by atoms with E-state index in [1.807, 2.05) is 42.5 Å². The maximum atomic E-state index is 13.3. The van der Waals surface area contributed by atoms with Crippen LogP contribution in [0, 0.1) is 13.8 Å². The van der Waals surface area contributed by atoms with Crippen molar-refractivity contribution < 1.29 is 23.5 Å². The Bertz CT molecular complexity index is 1230. The van der Waals surface area contributed by atoms with Gasteiger partial charge in [0.1, 0.15) is 11.5 Å².